The molecule has 0 aliphatic rings. The van der Waals surface area contributed by atoms with Gasteiger partial charge in [0.15, 0.2) is 0 Å². The van der Waals surface area contributed by atoms with Crippen molar-refractivity contribution in [1.82, 2.24) is 10.6 Å². The van der Waals surface area contributed by atoms with Crippen molar-refractivity contribution >= 4 is 21.8 Å². The Kier molecular flexibility index (Phi) is 8.85. The molecule has 0 saturated heterocycles. The predicted octanol–water partition coefficient (Wildman–Crippen LogP) is 4.26. The van der Waals surface area contributed by atoms with E-state index < -0.39 is 12.1 Å². The van der Waals surface area contributed by atoms with Crippen LogP contribution in [0.15, 0.2) is 77.3 Å². The number of carbonyl (C=O) groups excluding carboxylic acids is 1. The van der Waals surface area contributed by atoms with Gasteiger partial charge in [0.2, 0.25) is 0 Å². The van der Waals surface area contributed by atoms with Gasteiger partial charge < -0.3 is 20.5 Å². The molecule has 5 nitrogen and oxygen atoms in total. The number of hydrogen-bond acceptors (Lipinski definition) is 4. The van der Waals surface area contributed by atoms with E-state index in [0.29, 0.717) is 25.1 Å². The van der Waals surface area contributed by atoms with Gasteiger partial charge >= 0.3 is 0 Å². The summed E-state index contributed by atoms with van der Waals surface area (Å²) in [6.07, 6.45) is -0.236. The molecule has 0 radical (unpaired) electrons. The van der Waals surface area contributed by atoms with Crippen LogP contribution in [0.2, 0.25) is 0 Å². The molecule has 6 heteroatoms. The van der Waals surface area contributed by atoms with Gasteiger partial charge in [-0.05, 0) is 60.4 Å². The molecule has 3 aromatic rings. The molecule has 3 aromatic carbocycles. The number of ether oxygens (including phenoxy) is 1. The third-order valence-electron chi connectivity index (χ3n) is 5.20. The molecule has 0 saturated carbocycles. The molecule has 0 aliphatic carbocycles. The summed E-state index contributed by atoms with van der Waals surface area (Å²) in [6, 6.07) is 22.8. The van der Waals surface area contributed by atoms with Crippen LogP contribution in [0, 0.1) is 6.92 Å². The number of aliphatic hydroxyl groups excluding tert-OH is 1. The lowest BCUT2D eigenvalue weighted by Crippen LogP contribution is -2.48. The Hall–Kier alpha value is -2.67. The standard InChI is InChI=1S/C26H29BrN2O3/c1-18-11-21(15-22(27)12-18)26(31)29-24(14-19-7-4-3-5-8-19)25(30)17-28-16-20-9-6-10-23(13-20)32-2/h3-13,15,24-25,28,30H,14,16-17H2,1-2H3,(H,29,31)/t24-,25-/m1/s1. The van der Waals surface area contributed by atoms with Gasteiger partial charge in [-0.15, -0.1) is 0 Å². The average molecular weight is 497 g/mol. The van der Waals surface area contributed by atoms with E-state index in [4.69, 9.17) is 4.74 Å². The van der Waals surface area contributed by atoms with Crippen molar-refractivity contribution in [2.24, 2.45) is 0 Å². The van der Waals surface area contributed by atoms with Gasteiger partial charge in [0, 0.05) is 23.1 Å². The third kappa shape index (κ3) is 7.19. The van der Waals surface area contributed by atoms with Crippen molar-refractivity contribution in [2.45, 2.75) is 32.0 Å². The van der Waals surface area contributed by atoms with E-state index >= 15 is 0 Å². The van der Waals surface area contributed by atoms with Crippen molar-refractivity contribution in [1.29, 1.82) is 0 Å². The Morgan fingerprint density at radius 1 is 1.03 bits per heavy atom. The Bertz CT molecular complexity index is 1010. The monoisotopic (exact) mass is 496 g/mol. The molecule has 3 N–H and O–H groups in total. The van der Waals surface area contributed by atoms with Gasteiger partial charge in [-0.3, -0.25) is 4.79 Å². The summed E-state index contributed by atoms with van der Waals surface area (Å²) in [5.74, 6) is 0.588. The molecular weight excluding hydrogens is 468 g/mol. The van der Waals surface area contributed by atoms with Crippen LogP contribution in [0.1, 0.15) is 27.0 Å². The molecule has 1 amide bonds. The van der Waals surface area contributed by atoms with Crippen LogP contribution >= 0.6 is 15.9 Å². The van der Waals surface area contributed by atoms with Crippen LogP contribution in [0.25, 0.3) is 0 Å². The summed E-state index contributed by atoms with van der Waals surface area (Å²) in [5, 5.41) is 17.3. The van der Waals surface area contributed by atoms with E-state index in [1.165, 1.54) is 0 Å². The number of benzene rings is 3. The molecule has 168 valence electrons. The van der Waals surface area contributed by atoms with Gasteiger partial charge in [0.25, 0.3) is 5.91 Å². The fourth-order valence-corrected chi connectivity index (χ4v) is 4.17. The SMILES string of the molecule is COc1cccc(CNC[C@@H](O)[C@@H](Cc2ccccc2)NC(=O)c2cc(C)cc(Br)c2)c1. The summed E-state index contributed by atoms with van der Waals surface area (Å²) >= 11 is 3.45. The number of methoxy groups -OCH3 is 1. The van der Waals surface area contributed by atoms with Gasteiger partial charge in [0.1, 0.15) is 5.75 Å². The fraction of sp³-hybridized carbons (Fsp3) is 0.269. The summed E-state index contributed by atoms with van der Waals surface area (Å²) in [7, 11) is 1.64. The summed E-state index contributed by atoms with van der Waals surface area (Å²) in [5.41, 5.74) is 3.66. The number of carbonyl (C=O) groups is 1. The van der Waals surface area contributed by atoms with Crippen LogP contribution in [0.4, 0.5) is 0 Å². The summed E-state index contributed by atoms with van der Waals surface area (Å²) in [6.45, 7) is 2.87. The zero-order valence-electron chi connectivity index (χ0n) is 18.3. The second-order valence-corrected chi connectivity index (χ2v) is 8.75. The zero-order chi connectivity index (χ0) is 22.9. The average Bonchev–Trinajstić information content (AvgIpc) is 2.78. The number of aliphatic hydroxyl groups is 1. The molecule has 0 bridgehead atoms. The normalized spacial score (nSPS) is 12.8. The molecule has 0 spiro atoms. The highest BCUT2D eigenvalue weighted by atomic mass is 79.9. The summed E-state index contributed by atoms with van der Waals surface area (Å²) < 4.78 is 6.11. The van der Waals surface area contributed by atoms with Crippen LogP contribution in [0.3, 0.4) is 0 Å². The first kappa shape index (κ1) is 24.0. The molecule has 2 atom stereocenters. The first-order valence-electron chi connectivity index (χ1n) is 10.6. The van der Waals surface area contributed by atoms with E-state index in [2.05, 4.69) is 26.6 Å². The van der Waals surface area contributed by atoms with Crippen LogP contribution in [0.5, 0.6) is 5.75 Å². The molecular formula is C26H29BrN2O3. The minimum Gasteiger partial charge on any atom is -0.497 e. The molecule has 32 heavy (non-hydrogen) atoms. The fourth-order valence-electron chi connectivity index (χ4n) is 3.56. The molecule has 3 rings (SSSR count). The molecule has 0 heterocycles. The third-order valence-corrected chi connectivity index (χ3v) is 5.66. The lowest BCUT2D eigenvalue weighted by atomic mass is 10.00. The summed E-state index contributed by atoms with van der Waals surface area (Å²) in [4.78, 5) is 12.9. The highest BCUT2D eigenvalue weighted by Gasteiger charge is 2.22. The Morgan fingerprint density at radius 2 is 1.78 bits per heavy atom. The maximum Gasteiger partial charge on any atom is 0.251 e. The van der Waals surface area contributed by atoms with Crippen molar-refractivity contribution in [2.75, 3.05) is 13.7 Å². The topological polar surface area (TPSA) is 70.6 Å². The maximum absolute atomic E-state index is 12.9. The van der Waals surface area contributed by atoms with Crippen LogP contribution < -0.4 is 15.4 Å². The first-order chi connectivity index (χ1) is 15.4. The van der Waals surface area contributed by atoms with Gasteiger partial charge in [-0.2, -0.15) is 0 Å². The van der Waals surface area contributed by atoms with Crippen LogP contribution in [-0.4, -0.2) is 36.8 Å². The lowest BCUT2D eigenvalue weighted by Gasteiger charge is -2.25. The number of amides is 1. The van der Waals surface area contributed by atoms with E-state index in [1.807, 2.05) is 73.7 Å². The Balaban J connectivity index is 1.67. The van der Waals surface area contributed by atoms with E-state index in [-0.39, 0.29) is 5.91 Å². The minimum absolute atomic E-state index is 0.206. The van der Waals surface area contributed by atoms with Crippen molar-refractivity contribution in [3.05, 3.63) is 99.5 Å². The minimum atomic E-state index is -0.766. The molecule has 0 aliphatic heterocycles. The molecule has 0 fully saturated rings. The Morgan fingerprint density at radius 3 is 2.50 bits per heavy atom. The van der Waals surface area contributed by atoms with Crippen molar-refractivity contribution in [3.63, 3.8) is 0 Å². The van der Waals surface area contributed by atoms with Crippen molar-refractivity contribution < 1.29 is 14.6 Å². The highest BCUT2D eigenvalue weighted by Crippen LogP contribution is 2.16. The van der Waals surface area contributed by atoms with E-state index in [1.54, 1.807) is 13.2 Å². The lowest BCUT2D eigenvalue weighted by molar-refractivity contribution is 0.0830. The Labute approximate surface area is 198 Å². The number of halogens is 1. The second kappa shape index (κ2) is 11.8. The van der Waals surface area contributed by atoms with Crippen LogP contribution in [-0.2, 0) is 13.0 Å². The maximum atomic E-state index is 12.9. The molecule has 0 unspecified atom stereocenters. The predicted molar refractivity (Wildman–Crippen MR) is 131 cm³/mol. The quantitative estimate of drug-likeness (QED) is 0.392. The smallest absolute Gasteiger partial charge is 0.251 e. The number of rotatable bonds is 10. The van der Waals surface area contributed by atoms with Gasteiger partial charge in [-0.25, -0.2) is 0 Å². The van der Waals surface area contributed by atoms with E-state index in [0.717, 1.165) is 26.9 Å². The zero-order valence-corrected chi connectivity index (χ0v) is 19.9. The van der Waals surface area contributed by atoms with Gasteiger partial charge in [-0.1, -0.05) is 58.4 Å². The first-order valence-corrected chi connectivity index (χ1v) is 11.4. The van der Waals surface area contributed by atoms with E-state index in [9.17, 15) is 9.90 Å². The van der Waals surface area contributed by atoms with Gasteiger partial charge in [0.05, 0.1) is 19.3 Å². The second-order valence-electron chi connectivity index (χ2n) is 7.84. The largest absolute Gasteiger partial charge is 0.497 e. The number of hydrogen-bond donors (Lipinski definition) is 3. The highest BCUT2D eigenvalue weighted by molar-refractivity contribution is 9.10. The number of nitrogens with one attached hydrogen (secondary N) is 2. The number of aryl methyl sites for hydroxylation is 1. The molecule has 0 aromatic heterocycles. The van der Waals surface area contributed by atoms with Crippen molar-refractivity contribution in [3.8, 4) is 5.75 Å².